The van der Waals surface area contributed by atoms with Crippen LogP contribution in [0, 0.1) is 6.92 Å². The van der Waals surface area contributed by atoms with Crippen molar-refractivity contribution in [3.63, 3.8) is 0 Å². The minimum absolute atomic E-state index is 0.0693. The molecule has 30 heavy (non-hydrogen) atoms. The summed E-state index contributed by atoms with van der Waals surface area (Å²) in [6.07, 6.45) is 0. The summed E-state index contributed by atoms with van der Waals surface area (Å²) in [7, 11) is 1.65. The number of carbonyl (C=O) groups is 1. The smallest absolute Gasteiger partial charge is 0.210 e. The van der Waals surface area contributed by atoms with Gasteiger partial charge in [-0.15, -0.1) is 10.2 Å². The van der Waals surface area contributed by atoms with Gasteiger partial charge in [0.2, 0.25) is 5.16 Å². The van der Waals surface area contributed by atoms with E-state index >= 15 is 0 Å². The Morgan fingerprint density at radius 3 is 2.33 bits per heavy atom. The van der Waals surface area contributed by atoms with Crippen molar-refractivity contribution >= 4 is 17.5 Å². The molecule has 7 heteroatoms. The van der Waals surface area contributed by atoms with Crippen molar-refractivity contribution in [2.45, 2.75) is 49.6 Å². The van der Waals surface area contributed by atoms with E-state index in [1.165, 1.54) is 11.8 Å². The monoisotopic (exact) mass is 422 g/mol. The van der Waals surface area contributed by atoms with Gasteiger partial charge in [-0.2, -0.15) is 0 Å². The number of methoxy groups -OCH3 is 1. The highest BCUT2D eigenvalue weighted by Gasteiger charge is 2.39. The van der Waals surface area contributed by atoms with E-state index in [0.29, 0.717) is 10.7 Å². The number of benzene rings is 2. The number of carbonyl (C=O) groups excluding carboxylic acids is 1. The van der Waals surface area contributed by atoms with Gasteiger partial charge < -0.3 is 10.2 Å². The van der Waals surface area contributed by atoms with E-state index in [1.807, 2.05) is 60.1 Å². The van der Waals surface area contributed by atoms with Crippen LogP contribution >= 0.6 is 11.8 Å². The van der Waals surface area contributed by atoms with Crippen molar-refractivity contribution < 1.29 is 9.53 Å². The first-order valence-electron chi connectivity index (χ1n) is 9.92. The van der Waals surface area contributed by atoms with E-state index < -0.39 is 0 Å². The van der Waals surface area contributed by atoms with Gasteiger partial charge in [-0.05, 0) is 24.6 Å². The Morgan fingerprint density at radius 2 is 1.73 bits per heavy atom. The van der Waals surface area contributed by atoms with Crippen LogP contribution in [0.3, 0.4) is 0 Å². The van der Waals surface area contributed by atoms with E-state index in [0.717, 1.165) is 22.7 Å². The largest absolute Gasteiger partial charge is 0.497 e. The molecule has 3 aromatic rings. The SMILES string of the molecule is COc1ccc([C@H]2Nn3c(nnc3C(C)(C)C)S[C@H]2C(=O)c2ccc(C)cc2)cc1. The van der Waals surface area contributed by atoms with Gasteiger partial charge in [0.05, 0.1) is 13.2 Å². The molecule has 0 spiro atoms. The number of ketones is 1. The lowest BCUT2D eigenvalue weighted by molar-refractivity contribution is 0.0980. The summed E-state index contributed by atoms with van der Waals surface area (Å²) in [5.41, 5.74) is 6.17. The number of aromatic nitrogens is 3. The molecule has 0 saturated carbocycles. The minimum atomic E-state index is -0.370. The first-order chi connectivity index (χ1) is 14.3. The van der Waals surface area contributed by atoms with Crippen LogP contribution in [0.15, 0.2) is 53.7 Å². The third-order valence-electron chi connectivity index (χ3n) is 5.18. The first kappa shape index (κ1) is 20.5. The van der Waals surface area contributed by atoms with Gasteiger partial charge >= 0.3 is 0 Å². The van der Waals surface area contributed by atoms with E-state index in [1.54, 1.807) is 7.11 Å². The second kappa shape index (κ2) is 7.80. The number of nitrogens with zero attached hydrogens (tertiary/aromatic N) is 3. The molecular weight excluding hydrogens is 396 g/mol. The summed E-state index contributed by atoms with van der Waals surface area (Å²) >= 11 is 1.46. The average Bonchev–Trinajstić information content (AvgIpc) is 3.16. The van der Waals surface area contributed by atoms with Crippen LogP contribution < -0.4 is 10.2 Å². The zero-order chi connectivity index (χ0) is 21.5. The molecule has 1 aromatic heterocycles. The molecule has 1 aliphatic heterocycles. The number of hydrogen-bond acceptors (Lipinski definition) is 6. The van der Waals surface area contributed by atoms with Gasteiger partial charge in [0.25, 0.3) is 0 Å². The fourth-order valence-corrected chi connectivity index (χ4v) is 4.64. The maximum atomic E-state index is 13.5. The number of Topliss-reactive ketones (excluding diaryl/α,β-unsaturated/α-hetero) is 1. The van der Waals surface area contributed by atoms with Crippen LogP contribution in [0.5, 0.6) is 5.75 Å². The second-order valence-corrected chi connectivity index (χ2v) is 9.65. The molecule has 0 fully saturated rings. The molecular formula is C23H26N4O2S. The average molecular weight is 423 g/mol. The highest BCUT2D eigenvalue weighted by atomic mass is 32.2. The van der Waals surface area contributed by atoms with E-state index in [4.69, 9.17) is 4.74 Å². The van der Waals surface area contributed by atoms with Crippen LogP contribution in [-0.2, 0) is 5.41 Å². The number of nitrogens with one attached hydrogen (secondary N) is 1. The fourth-order valence-electron chi connectivity index (χ4n) is 3.48. The number of fused-ring (bicyclic) bond motifs is 1. The van der Waals surface area contributed by atoms with Gasteiger partial charge in [-0.3, -0.25) is 4.79 Å². The quantitative estimate of drug-likeness (QED) is 0.623. The summed E-state index contributed by atoms with van der Waals surface area (Å²) < 4.78 is 7.23. The molecule has 0 aliphatic carbocycles. The van der Waals surface area contributed by atoms with Gasteiger partial charge in [0, 0.05) is 11.0 Å². The maximum absolute atomic E-state index is 13.5. The highest BCUT2D eigenvalue weighted by molar-refractivity contribution is 8.00. The van der Waals surface area contributed by atoms with Crippen molar-refractivity contribution in [2.75, 3.05) is 12.5 Å². The normalized spacial score (nSPS) is 18.4. The predicted molar refractivity (Wildman–Crippen MR) is 119 cm³/mol. The lowest BCUT2D eigenvalue weighted by atomic mass is 9.95. The van der Waals surface area contributed by atoms with Gasteiger partial charge in [0.1, 0.15) is 11.0 Å². The Balaban J connectivity index is 1.76. The van der Waals surface area contributed by atoms with Crippen molar-refractivity contribution in [3.05, 3.63) is 71.0 Å². The van der Waals surface area contributed by atoms with Crippen molar-refractivity contribution in [2.24, 2.45) is 0 Å². The maximum Gasteiger partial charge on any atom is 0.210 e. The van der Waals surface area contributed by atoms with Crippen LogP contribution in [0.1, 0.15) is 54.1 Å². The molecule has 0 amide bonds. The fraction of sp³-hybridized carbons (Fsp3) is 0.348. The Labute approximate surface area is 181 Å². The number of hydrogen-bond donors (Lipinski definition) is 1. The molecule has 2 atom stereocenters. The molecule has 6 nitrogen and oxygen atoms in total. The van der Waals surface area contributed by atoms with Crippen molar-refractivity contribution in [1.29, 1.82) is 0 Å². The lowest BCUT2D eigenvalue weighted by Crippen LogP contribution is -2.40. The third kappa shape index (κ3) is 3.81. The summed E-state index contributed by atoms with van der Waals surface area (Å²) in [5, 5.41) is 9.10. The summed E-state index contributed by atoms with van der Waals surface area (Å²) in [6.45, 7) is 8.32. The summed E-state index contributed by atoms with van der Waals surface area (Å²) in [5.74, 6) is 1.69. The minimum Gasteiger partial charge on any atom is -0.497 e. The van der Waals surface area contributed by atoms with E-state index in [-0.39, 0.29) is 22.5 Å². The molecule has 1 aliphatic rings. The lowest BCUT2D eigenvalue weighted by Gasteiger charge is -2.34. The Morgan fingerprint density at radius 1 is 1.07 bits per heavy atom. The van der Waals surface area contributed by atoms with Gasteiger partial charge in [0.15, 0.2) is 11.6 Å². The van der Waals surface area contributed by atoms with E-state index in [2.05, 4.69) is 36.4 Å². The Bertz CT molecular complexity index is 1050. The molecule has 0 saturated heterocycles. The molecule has 0 unspecified atom stereocenters. The number of aryl methyl sites for hydroxylation is 1. The number of rotatable bonds is 4. The van der Waals surface area contributed by atoms with Gasteiger partial charge in [-0.25, -0.2) is 4.68 Å². The predicted octanol–water partition coefficient (Wildman–Crippen LogP) is 4.53. The number of ether oxygens (including phenoxy) is 1. The van der Waals surface area contributed by atoms with Crippen LogP contribution in [0.4, 0.5) is 0 Å². The molecule has 2 aromatic carbocycles. The van der Waals surface area contributed by atoms with Crippen molar-refractivity contribution in [3.8, 4) is 5.75 Å². The number of thioether (sulfide) groups is 1. The molecule has 1 N–H and O–H groups in total. The third-order valence-corrected chi connectivity index (χ3v) is 6.39. The standard InChI is InChI=1S/C23H26N4O2S/c1-14-6-8-16(9-7-14)19(28)20-18(15-10-12-17(29-5)13-11-15)26-27-21(23(2,3)4)24-25-22(27)30-20/h6-13,18,20,26H,1-5H3/t18-,20-/m1/s1. The van der Waals surface area contributed by atoms with Crippen molar-refractivity contribution in [1.82, 2.24) is 14.9 Å². The Kier molecular flexibility index (Phi) is 5.32. The Hall–Kier alpha value is -2.80. The van der Waals surface area contributed by atoms with E-state index in [9.17, 15) is 4.79 Å². The first-order valence-corrected chi connectivity index (χ1v) is 10.8. The van der Waals surface area contributed by atoms with Crippen LogP contribution in [0.25, 0.3) is 0 Å². The van der Waals surface area contributed by atoms with Gasteiger partial charge in [-0.1, -0.05) is 74.5 Å². The zero-order valence-electron chi connectivity index (χ0n) is 17.8. The molecule has 0 radical (unpaired) electrons. The molecule has 156 valence electrons. The molecule has 2 heterocycles. The second-order valence-electron chi connectivity index (χ2n) is 8.54. The summed E-state index contributed by atoms with van der Waals surface area (Å²) in [4.78, 5) is 13.5. The topological polar surface area (TPSA) is 69.0 Å². The highest BCUT2D eigenvalue weighted by Crippen LogP contribution is 2.40. The van der Waals surface area contributed by atoms with Crippen LogP contribution in [0.2, 0.25) is 0 Å². The molecule has 0 bridgehead atoms. The zero-order valence-corrected chi connectivity index (χ0v) is 18.7. The summed E-state index contributed by atoms with van der Waals surface area (Å²) in [6, 6.07) is 15.3. The molecule has 4 rings (SSSR count). The van der Waals surface area contributed by atoms with Crippen LogP contribution in [-0.4, -0.2) is 33.0 Å².